The summed E-state index contributed by atoms with van der Waals surface area (Å²) in [5.74, 6) is -0.383. The molecule has 0 saturated carbocycles. The molecule has 110 valence electrons. The lowest BCUT2D eigenvalue weighted by Crippen LogP contribution is -2.09. The zero-order valence-electron chi connectivity index (χ0n) is 11.7. The fourth-order valence-corrected chi connectivity index (χ4v) is 2.51. The first kappa shape index (κ1) is 15.7. The number of ether oxygens (including phenoxy) is 1. The summed E-state index contributed by atoms with van der Waals surface area (Å²) in [7, 11) is 1.36. The van der Waals surface area contributed by atoms with Crippen molar-refractivity contribution in [2.75, 3.05) is 12.4 Å². The third-order valence-electron chi connectivity index (χ3n) is 3.10. The fraction of sp³-hybridized carbons (Fsp3) is 0.188. The van der Waals surface area contributed by atoms with Gasteiger partial charge < -0.3 is 10.1 Å². The van der Waals surface area contributed by atoms with E-state index < -0.39 is 0 Å². The minimum atomic E-state index is -0.383. The van der Waals surface area contributed by atoms with Crippen LogP contribution in [0.15, 0.2) is 36.4 Å². The molecule has 2 aromatic rings. The van der Waals surface area contributed by atoms with Crippen molar-refractivity contribution in [3.8, 4) is 0 Å². The average Bonchev–Trinajstić information content (AvgIpc) is 2.47. The number of carbonyl (C=O) groups excluding carboxylic acids is 1. The minimum Gasteiger partial charge on any atom is -0.465 e. The van der Waals surface area contributed by atoms with Crippen LogP contribution in [0.5, 0.6) is 0 Å². The van der Waals surface area contributed by atoms with Crippen molar-refractivity contribution in [1.29, 1.82) is 0 Å². The maximum absolute atomic E-state index is 11.8. The first-order valence-corrected chi connectivity index (χ1v) is 7.14. The van der Waals surface area contributed by atoms with Gasteiger partial charge in [-0.05, 0) is 31.2 Å². The van der Waals surface area contributed by atoms with E-state index in [1.165, 1.54) is 7.11 Å². The quantitative estimate of drug-likeness (QED) is 0.829. The molecule has 0 amide bonds. The van der Waals surface area contributed by atoms with E-state index in [0.29, 0.717) is 27.8 Å². The van der Waals surface area contributed by atoms with Crippen molar-refractivity contribution < 1.29 is 9.53 Å². The number of benzene rings is 2. The molecule has 0 bridgehead atoms. The second-order valence-corrected chi connectivity index (χ2v) is 5.41. The van der Waals surface area contributed by atoms with Gasteiger partial charge in [-0.2, -0.15) is 0 Å². The maximum Gasteiger partial charge on any atom is 0.339 e. The smallest absolute Gasteiger partial charge is 0.339 e. The summed E-state index contributed by atoms with van der Waals surface area (Å²) in [4.78, 5) is 11.8. The first-order valence-electron chi connectivity index (χ1n) is 6.38. The summed E-state index contributed by atoms with van der Waals surface area (Å²) in [6.07, 6.45) is 0. The topological polar surface area (TPSA) is 38.3 Å². The number of anilines is 1. The lowest BCUT2D eigenvalue weighted by molar-refractivity contribution is 0.0601. The molecule has 2 rings (SSSR count). The molecule has 0 aliphatic rings. The molecule has 21 heavy (non-hydrogen) atoms. The Bertz CT molecular complexity index is 651. The molecule has 1 N–H and O–H groups in total. The van der Waals surface area contributed by atoms with Crippen LogP contribution in [0, 0.1) is 6.92 Å². The van der Waals surface area contributed by atoms with Gasteiger partial charge >= 0.3 is 5.97 Å². The molecular formula is C16H15Cl2NO2. The molecule has 2 aromatic carbocycles. The van der Waals surface area contributed by atoms with Crippen LogP contribution in [0.2, 0.25) is 10.0 Å². The van der Waals surface area contributed by atoms with Gasteiger partial charge in [-0.25, -0.2) is 4.79 Å². The van der Waals surface area contributed by atoms with E-state index in [4.69, 9.17) is 27.9 Å². The molecule has 0 radical (unpaired) electrons. The Morgan fingerprint density at radius 1 is 1.19 bits per heavy atom. The fourth-order valence-electron chi connectivity index (χ4n) is 1.98. The summed E-state index contributed by atoms with van der Waals surface area (Å²) in [6.45, 7) is 2.34. The zero-order valence-corrected chi connectivity index (χ0v) is 13.3. The molecule has 0 atom stereocenters. The van der Waals surface area contributed by atoms with E-state index in [2.05, 4.69) is 5.32 Å². The van der Waals surface area contributed by atoms with Gasteiger partial charge in [0.15, 0.2) is 0 Å². The Hall–Kier alpha value is -1.71. The van der Waals surface area contributed by atoms with Crippen molar-refractivity contribution >= 4 is 34.9 Å². The summed E-state index contributed by atoms with van der Waals surface area (Å²) in [5, 5.41) is 4.35. The number of hydrogen-bond donors (Lipinski definition) is 1. The number of carbonyl (C=O) groups is 1. The van der Waals surface area contributed by atoms with E-state index >= 15 is 0 Å². The zero-order chi connectivity index (χ0) is 15.4. The number of halogens is 2. The second-order valence-electron chi connectivity index (χ2n) is 4.59. The summed E-state index contributed by atoms with van der Waals surface area (Å²) >= 11 is 12.3. The van der Waals surface area contributed by atoms with Crippen molar-refractivity contribution in [2.24, 2.45) is 0 Å². The predicted molar refractivity (Wildman–Crippen MR) is 86.3 cm³/mol. The van der Waals surface area contributed by atoms with Gasteiger partial charge in [0, 0.05) is 27.8 Å². The van der Waals surface area contributed by atoms with Crippen LogP contribution < -0.4 is 5.32 Å². The normalized spacial score (nSPS) is 10.3. The standard InChI is InChI=1S/C16H15Cl2NO2/c1-10-6-7-15(11(8-10)16(20)21-2)19-9-12-13(17)4-3-5-14(12)18/h3-8,19H,9H2,1-2H3. The van der Waals surface area contributed by atoms with E-state index in [1.807, 2.05) is 19.1 Å². The molecule has 5 heteroatoms. The number of hydrogen-bond acceptors (Lipinski definition) is 3. The van der Waals surface area contributed by atoms with Crippen molar-refractivity contribution in [3.05, 3.63) is 63.1 Å². The van der Waals surface area contributed by atoms with Gasteiger partial charge in [0.1, 0.15) is 0 Å². The molecule has 0 heterocycles. The largest absolute Gasteiger partial charge is 0.465 e. The van der Waals surface area contributed by atoms with Crippen molar-refractivity contribution in [3.63, 3.8) is 0 Å². The Kier molecular flexibility index (Phi) is 5.10. The van der Waals surface area contributed by atoms with Crippen LogP contribution in [0.25, 0.3) is 0 Å². The number of aryl methyl sites for hydroxylation is 1. The molecule has 0 aromatic heterocycles. The highest BCUT2D eigenvalue weighted by molar-refractivity contribution is 6.36. The number of esters is 1. The molecular weight excluding hydrogens is 309 g/mol. The molecule has 0 aliphatic carbocycles. The van der Waals surface area contributed by atoms with Crippen LogP contribution in [-0.4, -0.2) is 13.1 Å². The van der Waals surface area contributed by atoms with E-state index in [0.717, 1.165) is 11.1 Å². The number of methoxy groups -OCH3 is 1. The van der Waals surface area contributed by atoms with Gasteiger partial charge in [0.2, 0.25) is 0 Å². The van der Waals surface area contributed by atoms with Crippen LogP contribution in [0.1, 0.15) is 21.5 Å². The van der Waals surface area contributed by atoms with E-state index in [9.17, 15) is 4.79 Å². The van der Waals surface area contributed by atoms with Crippen LogP contribution in [0.4, 0.5) is 5.69 Å². The molecule has 0 aliphatic heterocycles. The van der Waals surface area contributed by atoms with Gasteiger partial charge in [-0.1, -0.05) is 40.9 Å². The average molecular weight is 324 g/mol. The van der Waals surface area contributed by atoms with Crippen LogP contribution >= 0.6 is 23.2 Å². The lowest BCUT2D eigenvalue weighted by Gasteiger charge is -2.13. The Balaban J connectivity index is 2.26. The lowest BCUT2D eigenvalue weighted by atomic mass is 10.1. The highest BCUT2D eigenvalue weighted by Gasteiger charge is 2.13. The highest BCUT2D eigenvalue weighted by Crippen LogP contribution is 2.26. The van der Waals surface area contributed by atoms with Crippen molar-refractivity contribution in [2.45, 2.75) is 13.5 Å². The summed E-state index contributed by atoms with van der Waals surface area (Å²) in [6, 6.07) is 10.9. The monoisotopic (exact) mass is 323 g/mol. The van der Waals surface area contributed by atoms with Crippen LogP contribution in [-0.2, 0) is 11.3 Å². The SMILES string of the molecule is COC(=O)c1cc(C)ccc1NCc1c(Cl)cccc1Cl. The maximum atomic E-state index is 11.8. The molecule has 0 unspecified atom stereocenters. The molecule has 0 spiro atoms. The number of nitrogens with one attached hydrogen (secondary N) is 1. The van der Waals surface area contributed by atoms with E-state index in [1.54, 1.807) is 24.3 Å². The van der Waals surface area contributed by atoms with Gasteiger partial charge in [0.05, 0.1) is 12.7 Å². The minimum absolute atomic E-state index is 0.383. The number of rotatable bonds is 4. The molecule has 0 saturated heterocycles. The molecule has 0 fully saturated rings. The second kappa shape index (κ2) is 6.83. The first-order chi connectivity index (χ1) is 10.0. The predicted octanol–water partition coefficient (Wildman–Crippen LogP) is 4.70. The van der Waals surface area contributed by atoms with Gasteiger partial charge in [0.25, 0.3) is 0 Å². The molecule has 3 nitrogen and oxygen atoms in total. The van der Waals surface area contributed by atoms with Crippen molar-refractivity contribution in [1.82, 2.24) is 0 Å². The third kappa shape index (κ3) is 3.69. The van der Waals surface area contributed by atoms with Crippen LogP contribution in [0.3, 0.4) is 0 Å². The Morgan fingerprint density at radius 2 is 1.86 bits per heavy atom. The highest BCUT2D eigenvalue weighted by atomic mass is 35.5. The third-order valence-corrected chi connectivity index (χ3v) is 3.81. The summed E-state index contributed by atoms with van der Waals surface area (Å²) in [5.41, 5.74) is 2.94. The summed E-state index contributed by atoms with van der Waals surface area (Å²) < 4.78 is 4.80. The Labute approximate surface area is 133 Å². The Morgan fingerprint density at radius 3 is 2.48 bits per heavy atom. The van der Waals surface area contributed by atoms with E-state index in [-0.39, 0.29) is 5.97 Å². The van der Waals surface area contributed by atoms with Gasteiger partial charge in [-0.3, -0.25) is 0 Å². The van der Waals surface area contributed by atoms with Gasteiger partial charge in [-0.15, -0.1) is 0 Å².